The van der Waals surface area contributed by atoms with E-state index < -0.39 is 18.0 Å². The number of para-hydroxylation sites is 1. The average Bonchev–Trinajstić information content (AvgIpc) is 3.35. The van der Waals surface area contributed by atoms with Crippen LogP contribution in [0.4, 0.5) is 5.82 Å². The second-order valence-electron chi connectivity index (χ2n) is 7.09. The zero-order valence-electron chi connectivity index (χ0n) is 16.3. The Balaban J connectivity index is 1.54. The first-order valence-electron chi connectivity index (χ1n) is 9.65. The summed E-state index contributed by atoms with van der Waals surface area (Å²) in [5, 5.41) is 10.9. The molecule has 0 radical (unpaired) electrons. The quantitative estimate of drug-likeness (QED) is 0.615. The van der Waals surface area contributed by atoms with Crippen LogP contribution in [0.5, 0.6) is 0 Å². The van der Waals surface area contributed by atoms with Crippen LogP contribution in [0.25, 0.3) is 5.69 Å². The highest BCUT2D eigenvalue weighted by Gasteiger charge is 2.31. The Hall–Kier alpha value is -3.42. The number of ether oxygens (including phenoxy) is 1. The van der Waals surface area contributed by atoms with Gasteiger partial charge >= 0.3 is 5.97 Å². The van der Waals surface area contributed by atoms with E-state index in [1.807, 2.05) is 30.3 Å². The van der Waals surface area contributed by atoms with Gasteiger partial charge < -0.3 is 14.6 Å². The Morgan fingerprint density at radius 2 is 2.03 bits per heavy atom. The highest BCUT2D eigenvalue weighted by Crippen LogP contribution is 2.39. The van der Waals surface area contributed by atoms with Crippen molar-refractivity contribution in [2.75, 3.05) is 5.32 Å². The third-order valence-corrected chi connectivity index (χ3v) is 4.73. The number of hydrogen-bond donors (Lipinski definition) is 1. The molecule has 1 N–H and O–H groups in total. The molecule has 0 unspecified atom stereocenters. The van der Waals surface area contributed by atoms with Crippen molar-refractivity contribution in [3.63, 3.8) is 0 Å². The number of nitrogens with one attached hydrogen (secondary N) is 1. The van der Waals surface area contributed by atoms with Crippen LogP contribution in [-0.2, 0) is 9.53 Å². The van der Waals surface area contributed by atoms with Gasteiger partial charge in [-0.25, -0.2) is 9.48 Å². The standard InChI is InChI=1S/C21H22N4O4/c1-3-18(20(26)22-19-11-13(2)29-24-19)28-21(27)17-12-16(14-9-10-14)23-25(17)15-7-5-4-6-8-15/h4-8,11-12,14,18H,3,9-10H2,1-2H3,(H,22,24,26)/t18-/m1/s1. The molecule has 1 aliphatic carbocycles. The number of carbonyl (C=O) groups excluding carboxylic acids is 2. The second-order valence-corrected chi connectivity index (χ2v) is 7.09. The zero-order chi connectivity index (χ0) is 20.4. The van der Waals surface area contributed by atoms with Crippen LogP contribution in [0, 0.1) is 6.92 Å². The lowest BCUT2D eigenvalue weighted by Gasteiger charge is -2.15. The fourth-order valence-corrected chi connectivity index (χ4v) is 3.03. The fraction of sp³-hybridized carbons (Fsp3) is 0.333. The minimum Gasteiger partial charge on any atom is -0.448 e. The number of rotatable bonds is 7. The van der Waals surface area contributed by atoms with Gasteiger partial charge in [-0.1, -0.05) is 30.3 Å². The Kier molecular flexibility index (Phi) is 5.16. The minimum absolute atomic E-state index is 0.285. The van der Waals surface area contributed by atoms with Crippen LogP contribution in [-0.4, -0.2) is 32.9 Å². The van der Waals surface area contributed by atoms with E-state index in [4.69, 9.17) is 9.26 Å². The summed E-state index contributed by atoms with van der Waals surface area (Å²) < 4.78 is 12.1. The van der Waals surface area contributed by atoms with Crippen LogP contribution in [0.1, 0.15) is 54.0 Å². The molecule has 4 rings (SSSR count). The van der Waals surface area contributed by atoms with E-state index in [-0.39, 0.29) is 5.82 Å². The van der Waals surface area contributed by atoms with Crippen molar-refractivity contribution in [1.29, 1.82) is 0 Å². The van der Waals surface area contributed by atoms with Gasteiger partial charge in [-0.3, -0.25) is 4.79 Å². The number of aromatic nitrogens is 3. The number of amides is 1. The van der Waals surface area contributed by atoms with Crippen LogP contribution in [0.3, 0.4) is 0 Å². The molecule has 2 heterocycles. The summed E-state index contributed by atoms with van der Waals surface area (Å²) in [5.41, 5.74) is 1.94. The van der Waals surface area contributed by atoms with Gasteiger partial charge in [0.25, 0.3) is 5.91 Å². The van der Waals surface area contributed by atoms with Crippen LogP contribution >= 0.6 is 0 Å². The number of nitrogens with zero attached hydrogens (tertiary/aromatic N) is 3. The molecule has 1 aliphatic rings. The number of carbonyl (C=O) groups is 2. The molecule has 0 bridgehead atoms. The van der Waals surface area contributed by atoms with E-state index >= 15 is 0 Å². The molecule has 1 amide bonds. The molecule has 1 atom stereocenters. The first kappa shape index (κ1) is 18.9. The molecule has 0 aliphatic heterocycles. The Morgan fingerprint density at radius 1 is 1.28 bits per heavy atom. The van der Waals surface area contributed by atoms with Gasteiger partial charge in [0.15, 0.2) is 17.6 Å². The summed E-state index contributed by atoms with van der Waals surface area (Å²) in [6.07, 6.45) is 1.50. The van der Waals surface area contributed by atoms with Gasteiger partial charge in [-0.15, -0.1) is 0 Å². The molecule has 2 aromatic heterocycles. The maximum atomic E-state index is 12.9. The minimum atomic E-state index is -0.956. The lowest BCUT2D eigenvalue weighted by molar-refractivity contribution is -0.124. The highest BCUT2D eigenvalue weighted by molar-refractivity contribution is 5.96. The van der Waals surface area contributed by atoms with Gasteiger partial charge in [0, 0.05) is 12.0 Å². The lowest BCUT2D eigenvalue weighted by Crippen LogP contribution is -2.32. The number of aryl methyl sites for hydroxylation is 1. The summed E-state index contributed by atoms with van der Waals surface area (Å²) in [7, 11) is 0. The second kappa shape index (κ2) is 7.90. The number of esters is 1. The SMILES string of the molecule is CC[C@@H](OC(=O)c1cc(C2CC2)nn1-c1ccccc1)C(=O)Nc1cc(C)on1. The van der Waals surface area contributed by atoms with Crippen molar-refractivity contribution in [2.45, 2.75) is 45.1 Å². The van der Waals surface area contributed by atoms with Crippen LogP contribution in [0.2, 0.25) is 0 Å². The van der Waals surface area contributed by atoms with Gasteiger partial charge in [0.05, 0.1) is 11.4 Å². The number of hydrogen-bond acceptors (Lipinski definition) is 6. The van der Waals surface area contributed by atoms with Crippen LogP contribution in [0.15, 0.2) is 47.0 Å². The zero-order valence-corrected chi connectivity index (χ0v) is 16.3. The van der Waals surface area contributed by atoms with E-state index in [9.17, 15) is 9.59 Å². The smallest absolute Gasteiger partial charge is 0.357 e. The first-order valence-corrected chi connectivity index (χ1v) is 9.65. The van der Waals surface area contributed by atoms with Gasteiger partial charge in [-0.2, -0.15) is 5.10 Å². The van der Waals surface area contributed by atoms with E-state index in [2.05, 4.69) is 15.6 Å². The van der Waals surface area contributed by atoms with Crippen molar-refractivity contribution in [2.24, 2.45) is 0 Å². The molecule has 3 aromatic rings. The maximum absolute atomic E-state index is 12.9. The number of anilines is 1. The molecule has 8 heteroatoms. The molecule has 0 saturated heterocycles. The average molecular weight is 394 g/mol. The number of benzene rings is 1. The largest absolute Gasteiger partial charge is 0.448 e. The Morgan fingerprint density at radius 3 is 2.66 bits per heavy atom. The molecule has 0 spiro atoms. The van der Waals surface area contributed by atoms with Gasteiger partial charge in [0.2, 0.25) is 0 Å². The topological polar surface area (TPSA) is 99.2 Å². The van der Waals surface area contributed by atoms with Crippen molar-refractivity contribution < 1.29 is 18.8 Å². The van der Waals surface area contributed by atoms with E-state index in [1.165, 1.54) is 0 Å². The summed E-state index contributed by atoms with van der Waals surface area (Å²) in [6.45, 7) is 3.50. The van der Waals surface area contributed by atoms with Crippen molar-refractivity contribution in [3.8, 4) is 5.69 Å². The summed E-state index contributed by atoms with van der Waals surface area (Å²) in [6, 6.07) is 12.8. The third-order valence-electron chi connectivity index (χ3n) is 4.73. The monoisotopic (exact) mass is 394 g/mol. The molecule has 1 fully saturated rings. The fourth-order valence-electron chi connectivity index (χ4n) is 3.03. The van der Waals surface area contributed by atoms with E-state index in [0.29, 0.717) is 23.8 Å². The van der Waals surface area contributed by atoms with Crippen molar-refractivity contribution in [1.82, 2.24) is 14.9 Å². The molecular weight excluding hydrogens is 372 g/mol. The lowest BCUT2D eigenvalue weighted by atomic mass is 10.2. The molecule has 1 saturated carbocycles. The van der Waals surface area contributed by atoms with E-state index in [1.54, 1.807) is 30.7 Å². The molecule has 29 heavy (non-hydrogen) atoms. The van der Waals surface area contributed by atoms with Gasteiger partial charge in [0.1, 0.15) is 5.76 Å². The molecule has 1 aromatic carbocycles. The van der Waals surface area contributed by atoms with Crippen LogP contribution < -0.4 is 5.32 Å². The Labute approximate surface area is 167 Å². The summed E-state index contributed by atoms with van der Waals surface area (Å²) in [4.78, 5) is 25.4. The molecule has 8 nitrogen and oxygen atoms in total. The summed E-state index contributed by atoms with van der Waals surface area (Å²) in [5.74, 6) is 0.193. The first-order chi connectivity index (χ1) is 14.0. The normalized spacial score (nSPS) is 14.4. The predicted molar refractivity (Wildman–Crippen MR) is 105 cm³/mol. The Bertz CT molecular complexity index is 1020. The third kappa shape index (κ3) is 4.21. The molecular formula is C21H22N4O4. The highest BCUT2D eigenvalue weighted by atomic mass is 16.5. The summed E-state index contributed by atoms with van der Waals surface area (Å²) >= 11 is 0. The predicted octanol–water partition coefficient (Wildman–Crippen LogP) is 3.62. The molecule has 150 valence electrons. The van der Waals surface area contributed by atoms with Crippen molar-refractivity contribution in [3.05, 3.63) is 59.6 Å². The van der Waals surface area contributed by atoms with Gasteiger partial charge in [-0.05, 0) is 44.4 Å². The van der Waals surface area contributed by atoms with Crippen molar-refractivity contribution >= 4 is 17.7 Å². The van der Waals surface area contributed by atoms with E-state index in [0.717, 1.165) is 24.2 Å². The maximum Gasteiger partial charge on any atom is 0.357 e.